The molecule has 2 aromatic carbocycles. The molecule has 3 aromatic rings. The number of nitrogens with zero attached hydrogens (tertiary/aromatic N) is 3. The van der Waals surface area contributed by atoms with Crippen molar-refractivity contribution in [2.24, 2.45) is 0 Å². The summed E-state index contributed by atoms with van der Waals surface area (Å²) in [5, 5.41) is 12.1. The van der Waals surface area contributed by atoms with E-state index in [1.807, 2.05) is 30.5 Å². The van der Waals surface area contributed by atoms with Gasteiger partial charge in [0.05, 0.1) is 15.5 Å². The van der Waals surface area contributed by atoms with Crippen molar-refractivity contribution in [3.63, 3.8) is 0 Å². The number of thioether (sulfide) groups is 1. The Balaban J connectivity index is 1.73. The maximum Gasteiger partial charge on any atom is 0.271 e. The predicted molar refractivity (Wildman–Crippen MR) is 121 cm³/mol. The monoisotopic (exact) mass is 423 g/mol. The molecule has 4 rings (SSSR count). The fourth-order valence-corrected chi connectivity index (χ4v) is 4.68. The van der Waals surface area contributed by atoms with Crippen molar-refractivity contribution in [3.8, 4) is 0 Å². The molecule has 8 heteroatoms. The minimum atomic E-state index is -0.487. The number of rotatable bonds is 5. The van der Waals surface area contributed by atoms with Crippen LogP contribution in [0.2, 0.25) is 0 Å². The number of hydrogen-bond acceptors (Lipinski definition) is 5. The highest BCUT2D eigenvalue weighted by molar-refractivity contribution is 8.27. The Hall–Kier alpha value is -2.97. The summed E-state index contributed by atoms with van der Waals surface area (Å²) in [7, 11) is 0. The normalized spacial score (nSPS) is 15.6. The number of benzene rings is 2. The highest BCUT2D eigenvalue weighted by atomic mass is 32.2. The van der Waals surface area contributed by atoms with Crippen LogP contribution in [0.25, 0.3) is 17.0 Å². The zero-order chi connectivity index (χ0) is 20.5. The number of aromatic nitrogens is 1. The Bertz CT molecular complexity index is 1180. The van der Waals surface area contributed by atoms with E-state index < -0.39 is 4.92 Å². The third kappa shape index (κ3) is 3.56. The van der Waals surface area contributed by atoms with Crippen LogP contribution in [-0.4, -0.2) is 19.7 Å². The molecule has 0 aliphatic carbocycles. The standard InChI is InChI=1S/C21H17N3O3S2/c1-2-10-22-13-14(17-8-3-4-9-18(17)22)11-19-20(25)23(21(28)29-19)15-6-5-7-16(12-15)24(26)27/h3-9,11-13H,2,10H2,1H3/b19-11+. The van der Waals surface area contributed by atoms with E-state index in [1.54, 1.807) is 12.1 Å². The van der Waals surface area contributed by atoms with Crippen LogP contribution in [0.5, 0.6) is 0 Å². The molecule has 1 saturated heterocycles. The summed E-state index contributed by atoms with van der Waals surface area (Å²) in [5.74, 6) is -0.271. The molecule has 0 unspecified atom stereocenters. The number of hydrogen-bond donors (Lipinski definition) is 0. The van der Waals surface area contributed by atoms with Crippen LogP contribution in [0.3, 0.4) is 0 Å². The minimum absolute atomic E-state index is 0.0804. The number of aryl methyl sites for hydroxylation is 1. The molecule has 0 spiro atoms. The SMILES string of the molecule is CCCn1cc(/C=C2/SC(=S)N(c3cccc([N+](=O)[O-])c3)C2=O)c2ccccc21. The first kappa shape index (κ1) is 19.4. The summed E-state index contributed by atoms with van der Waals surface area (Å²) in [6.07, 6.45) is 4.91. The van der Waals surface area contributed by atoms with E-state index in [-0.39, 0.29) is 11.6 Å². The maximum atomic E-state index is 13.0. The van der Waals surface area contributed by atoms with Gasteiger partial charge in [0, 0.05) is 41.3 Å². The maximum absolute atomic E-state index is 13.0. The Labute approximate surface area is 177 Å². The number of para-hydroxylation sites is 1. The van der Waals surface area contributed by atoms with Crippen LogP contribution in [0.15, 0.2) is 59.6 Å². The molecule has 1 aliphatic heterocycles. The second kappa shape index (κ2) is 7.81. The van der Waals surface area contributed by atoms with Crippen LogP contribution in [-0.2, 0) is 11.3 Å². The van der Waals surface area contributed by atoms with Gasteiger partial charge >= 0.3 is 0 Å². The number of fused-ring (bicyclic) bond motifs is 1. The third-order valence-corrected chi connectivity index (χ3v) is 5.97. The van der Waals surface area contributed by atoms with E-state index in [0.717, 1.165) is 29.4 Å². The number of nitro groups is 1. The van der Waals surface area contributed by atoms with Gasteiger partial charge in [0.1, 0.15) is 0 Å². The summed E-state index contributed by atoms with van der Waals surface area (Å²) in [4.78, 5) is 25.5. The number of anilines is 1. The van der Waals surface area contributed by atoms with Gasteiger partial charge in [-0.2, -0.15) is 0 Å². The number of carbonyl (C=O) groups excluding carboxylic acids is 1. The molecule has 0 bridgehead atoms. The van der Waals surface area contributed by atoms with Crippen molar-refractivity contribution < 1.29 is 9.72 Å². The van der Waals surface area contributed by atoms with Crippen molar-refractivity contribution in [2.75, 3.05) is 4.90 Å². The molecule has 29 heavy (non-hydrogen) atoms. The molecule has 1 fully saturated rings. The van der Waals surface area contributed by atoms with E-state index in [0.29, 0.717) is 14.9 Å². The largest absolute Gasteiger partial charge is 0.347 e. The fourth-order valence-electron chi connectivity index (χ4n) is 3.39. The first-order chi connectivity index (χ1) is 14.0. The Morgan fingerprint density at radius 3 is 2.76 bits per heavy atom. The van der Waals surface area contributed by atoms with E-state index >= 15 is 0 Å². The van der Waals surface area contributed by atoms with Gasteiger partial charge in [-0.25, -0.2) is 0 Å². The van der Waals surface area contributed by atoms with E-state index in [4.69, 9.17) is 12.2 Å². The van der Waals surface area contributed by atoms with Crippen LogP contribution in [0, 0.1) is 10.1 Å². The van der Waals surface area contributed by atoms with E-state index in [2.05, 4.69) is 17.6 Å². The molecule has 146 valence electrons. The van der Waals surface area contributed by atoms with Crippen LogP contribution >= 0.6 is 24.0 Å². The van der Waals surface area contributed by atoms with Crippen LogP contribution in [0.4, 0.5) is 11.4 Å². The summed E-state index contributed by atoms with van der Waals surface area (Å²) in [6.45, 7) is 3.02. The molecule has 0 atom stereocenters. The molecule has 1 amide bonds. The Kier molecular flexibility index (Phi) is 5.21. The van der Waals surface area contributed by atoms with Crippen molar-refractivity contribution >= 4 is 62.6 Å². The molecule has 0 N–H and O–H groups in total. The van der Waals surface area contributed by atoms with E-state index in [9.17, 15) is 14.9 Å². The average Bonchev–Trinajstić information content (AvgIpc) is 3.19. The second-order valence-corrected chi connectivity index (χ2v) is 8.26. The summed E-state index contributed by atoms with van der Waals surface area (Å²) in [5.41, 5.74) is 2.39. The minimum Gasteiger partial charge on any atom is -0.347 e. The highest BCUT2D eigenvalue weighted by Gasteiger charge is 2.34. The quantitative estimate of drug-likeness (QED) is 0.239. The van der Waals surface area contributed by atoms with Gasteiger partial charge in [-0.05, 0) is 24.6 Å². The van der Waals surface area contributed by atoms with Crippen LogP contribution < -0.4 is 4.90 Å². The molecule has 1 aromatic heterocycles. The number of carbonyl (C=O) groups is 1. The summed E-state index contributed by atoms with van der Waals surface area (Å²) in [6, 6.07) is 14.0. The van der Waals surface area contributed by atoms with Gasteiger partial charge in [-0.3, -0.25) is 19.8 Å². The smallest absolute Gasteiger partial charge is 0.271 e. The fraction of sp³-hybridized carbons (Fsp3) is 0.143. The summed E-state index contributed by atoms with van der Waals surface area (Å²) >= 11 is 6.60. The zero-order valence-corrected chi connectivity index (χ0v) is 17.2. The lowest BCUT2D eigenvalue weighted by Crippen LogP contribution is -2.27. The highest BCUT2D eigenvalue weighted by Crippen LogP contribution is 2.38. The van der Waals surface area contributed by atoms with Gasteiger partial charge in [0.2, 0.25) is 0 Å². The van der Waals surface area contributed by atoms with Crippen molar-refractivity contribution in [3.05, 3.63) is 75.3 Å². The molecule has 2 heterocycles. The number of nitro benzene ring substituents is 1. The van der Waals surface area contributed by atoms with Gasteiger partial charge in [0.15, 0.2) is 4.32 Å². The van der Waals surface area contributed by atoms with Gasteiger partial charge in [-0.1, -0.05) is 55.2 Å². The van der Waals surface area contributed by atoms with Crippen molar-refractivity contribution in [1.82, 2.24) is 4.57 Å². The number of non-ortho nitro benzene ring substituents is 1. The lowest BCUT2D eigenvalue weighted by molar-refractivity contribution is -0.384. The third-order valence-electron chi connectivity index (χ3n) is 4.66. The number of amides is 1. The first-order valence-corrected chi connectivity index (χ1v) is 10.3. The zero-order valence-electron chi connectivity index (χ0n) is 15.6. The molecule has 0 radical (unpaired) electrons. The van der Waals surface area contributed by atoms with Crippen LogP contribution in [0.1, 0.15) is 18.9 Å². The lowest BCUT2D eigenvalue weighted by Gasteiger charge is -2.13. The van der Waals surface area contributed by atoms with E-state index in [1.165, 1.54) is 28.8 Å². The van der Waals surface area contributed by atoms with Crippen molar-refractivity contribution in [1.29, 1.82) is 0 Å². The Morgan fingerprint density at radius 2 is 2.00 bits per heavy atom. The van der Waals surface area contributed by atoms with Gasteiger partial charge < -0.3 is 4.57 Å². The predicted octanol–water partition coefficient (Wildman–Crippen LogP) is 5.37. The molecular formula is C21H17N3O3S2. The molecule has 0 saturated carbocycles. The van der Waals surface area contributed by atoms with Crippen molar-refractivity contribution in [2.45, 2.75) is 19.9 Å². The lowest BCUT2D eigenvalue weighted by atomic mass is 10.1. The molecule has 1 aliphatic rings. The van der Waals surface area contributed by atoms with Gasteiger partial charge in [0.25, 0.3) is 11.6 Å². The first-order valence-electron chi connectivity index (χ1n) is 9.10. The molecule has 6 nitrogen and oxygen atoms in total. The Morgan fingerprint density at radius 1 is 1.21 bits per heavy atom. The topological polar surface area (TPSA) is 68.4 Å². The number of thiocarbonyl (C=S) groups is 1. The second-order valence-electron chi connectivity index (χ2n) is 6.59. The van der Waals surface area contributed by atoms with Gasteiger partial charge in [-0.15, -0.1) is 0 Å². The summed E-state index contributed by atoms with van der Waals surface area (Å²) < 4.78 is 2.54. The average molecular weight is 424 g/mol. The molecular weight excluding hydrogens is 406 g/mol.